The molecule has 9 heteroatoms. The van der Waals surface area contributed by atoms with Gasteiger partial charge in [0.25, 0.3) is 0 Å². The predicted molar refractivity (Wildman–Crippen MR) is 138 cm³/mol. The number of benzene rings is 2. The lowest BCUT2D eigenvalue weighted by Crippen LogP contribution is -2.03. The second kappa shape index (κ2) is 14.3. The summed E-state index contributed by atoms with van der Waals surface area (Å²) in [5, 5.41) is 3.97. The largest absolute Gasteiger partial charge is 0.493 e. The number of nitrogens with one attached hydrogen (secondary N) is 1. The van der Waals surface area contributed by atoms with Gasteiger partial charge in [-0.15, -0.1) is 0 Å². The third-order valence-corrected chi connectivity index (χ3v) is 6.05. The molecule has 0 unspecified atom stereocenters. The molecule has 174 valence electrons. The molecule has 0 saturated heterocycles. The quantitative estimate of drug-likeness (QED) is 0.232. The first kappa shape index (κ1) is 26.4. The van der Waals surface area contributed by atoms with E-state index in [1.165, 1.54) is 24.9 Å². The van der Waals surface area contributed by atoms with Gasteiger partial charge in [0.05, 0.1) is 24.3 Å². The second-order valence-electron chi connectivity index (χ2n) is 6.68. The number of nitrogens with zero attached hydrogens (tertiary/aromatic N) is 2. The summed E-state index contributed by atoms with van der Waals surface area (Å²) in [6.45, 7) is 4.84. The number of hydrogen-bond donors (Lipinski definition) is 2. The van der Waals surface area contributed by atoms with Gasteiger partial charge < -0.3 is 14.8 Å². The Bertz CT molecular complexity index is 993. The zero-order valence-electron chi connectivity index (χ0n) is 18.5. The van der Waals surface area contributed by atoms with Crippen LogP contribution in [0, 0.1) is 5.82 Å². The first-order valence-electron chi connectivity index (χ1n) is 10.4. The minimum absolute atomic E-state index is 0.0404. The van der Waals surface area contributed by atoms with Gasteiger partial charge in [-0.25, -0.2) is 14.4 Å². The SMILES string of the molecule is CCCS.CCCSCCOc1cc2c(Nc3ccc(F)c(Cl)c3)ncnc2cc1OC. The Labute approximate surface area is 203 Å². The molecular weight excluding hydrogens is 469 g/mol. The lowest BCUT2D eigenvalue weighted by Gasteiger charge is -2.14. The maximum Gasteiger partial charge on any atom is 0.162 e. The molecule has 0 fully saturated rings. The Morgan fingerprint density at radius 1 is 1.09 bits per heavy atom. The number of methoxy groups -OCH3 is 1. The molecule has 2 aromatic carbocycles. The van der Waals surface area contributed by atoms with Gasteiger partial charge in [0.15, 0.2) is 11.5 Å². The van der Waals surface area contributed by atoms with Crippen LogP contribution in [0.5, 0.6) is 11.5 Å². The van der Waals surface area contributed by atoms with Crippen molar-refractivity contribution in [2.45, 2.75) is 26.7 Å². The van der Waals surface area contributed by atoms with Gasteiger partial charge in [0.2, 0.25) is 0 Å². The van der Waals surface area contributed by atoms with Gasteiger partial charge in [-0.3, -0.25) is 0 Å². The van der Waals surface area contributed by atoms with Crippen LogP contribution in [0.1, 0.15) is 26.7 Å². The van der Waals surface area contributed by atoms with E-state index < -0.39 is 5.82 Å². The molecule has 1 aromatic heterocycles. The van der Waals surface area contributed by atoms with E-state index in [4.69, 9.17) is 21.1 Å². The predicted octanol–water partition coefficient (Wildman–Crippen LogP) is 7.02. The standard InChI is InChI=1S/C20H21ClFN3O2S.C3H8S/c1-3-7-28-8-6-27-19-10-14-17(11-18(19)26-2)23-12-24-20(14)25-13-4-5-16(22)15(21)9-13;1-2-3-4/h4-5,9-12H,3,6-8H2,1-2H3,(H,23,24,25);4H,2-3H2,1H3. The smallest absolute Gasteiger partial charge is 0.162 e. The highest BCUT2D eigenvalue weighted by Crippen LogP contribution is 2.35. The zero-order chi connectivity index (χ0) is 23.3. The van der Waals surface area contributed by atoms with Crippen LogP contribution < -0.4 is 14.8 Å². The molecule has 0 aliphatic carbocycles. The molecule has 0 bridgehead atoms. The summed E-state index contributed by atoms with van der Waals surface area (Å²) in [4.78, 5) is 8.62. The molecular formula is C23H29ClFN3O2S2. The van der Waals surface area contributed by atoms with Crippen molar-refractivity contribution in [3.05, 3.63) is 47.5 Å². The van der Waals surface area contributed by atoms with Crippen molar-refractivity contribution in [1.82, 2.24) is 9.97 Å². The highest BCUT2D eigenvalue weighted by atomic mass is 35.5. The highest BCUT2D eigenvalue weighted by Gasteiger charge is 2.12. The number of halogens is 2. The fourth-order valence-electron chi connectivity index (χ4n) is 2.60. The lowest BCUT2D eigenvalue weighted by molar-refractivity contribution is 0.314. The van der Waals surface area contributed by atoms with Crippen LogP contribution >= 0.6 is 36.0 Å². The number of aromatic nitrogens is 2. The fourth-order valence-corrected chi connectivity index (χ4v) is 3.48. The van der Waals surface area contributed by atoms with Gasteiger partial charge in [-0.2, -0.15) is 24.4 Å². The topological polar surface area (TPSA) is 56.3 Å². The van der Waals surface area contributed by atoms with Gasteiger partial charge in [0.1, 0.15) is 18.0 Å². The van der Waals surface area contributed by atoms with E-state index >= 15 is 0 Å². The van der Waals surface area contributed by atoms with E-state index in [0.29, 0.717) is 35.1 Å². The summed E-state index contributed by atoms with van der Waals surface area (Å²) in [5.41, 5.74) is 1.33. The third-order valence-electron chi connectivity index (χ3n) is 4.16. The van der Waals surface area contributed by atoms with Crippen molar-refractivity contribution in [2.75, 3.05) is 36.3 Å². The minimum Gasteiger partial charge on any atom is -0.493 e. The van der Waals surface area contributed by atoms with Crippen LogP contribution in [0.15, 0.2) is 36.7 Å². The lowest BCUT2D eigenvalue weighted by atomic mass is 10.2. The molecule has 5 nitrogen and oxygen atoms in total. The van der Waals surface area contributed by atoms with E-state index in [-0.39, 0.29) is 5.02 Å². The van der Waals surface area contributed by atoms with Crippen molar-refractivity contribution in [2.24, 2.45) is 0 Å². The molecule has 0 radical (unpaired) electrons. The summed E-state index contributed by atoms with van der Waals surface area (Å²) in [5.74, 6) is 4.37. The average molecular weight is 498 g/mol. The Morgan fingerprint density at radius 2 is 1.88 bits per heavy atom. The van der Waals surface area contributed by atoms with Crippen LogP contribution in [0.25, 0.3) is 10.9 Å². The first-order valence-corrected chi connectivity index (χ1v) is 12.6. The van der Waals surface area contributed by atoms with Gasteiger partial charge in [-0.1, -0.05) is 25.4 Å². The van der Waals surface area contributed by atoms with Crippen molar-refractivity contribution in [3.8, 4) is 11.5 Å². The molecule has 0 amide bonds. The van der Waals surface area contributed by atoms with E-state index in [1.54, 1.807) is 13.2 Å². The van der Waals surface area contributed by atoms with Crippen LogP contribution in [0.2, 0.25) is 5.02 Å². The molecule has 0 atom stereocenters. The Kier molecular flexibility index (Phi) is 11.8. The summed E-state index contributed by atoms with van der Waals surface area (Å²) in [6.07, 6.45) is 3.78. The normalized spacial score (nSPS) is 10.4. The minimum atomic E-state index is -0.471. The molecule has 32 heavy (non-hydrogen) atoms. The molecule has 1 heterocycles. The van der Waals surface area contributed by atoms with Crippen LogP contribution in [-0.2, 0) is 0 Å². The number of hydrogen-bond acceptors (Lipinski definition) is 7. The van der Waals surface area contributed by atoms with Gasteiger partial charge in [-0.05, 0) is 48.6 Å². The van der Waals surface area contributed by atoms with Crippen molar-refractivity contribution >= 4 is 58.4 Å². The second-order valence-corrected chi connectivity index (χ2v) is 8.76. The van der Waals surface area contributed by atoms with Crippen molar-refractivity contribution in [1.29, 1.82) is 0 Å². The molecule has 0 aliphatic heterocycles. The summed E-state index contributed by atoms with van der Waals surface area (Å²) < 4.78 is 24.8. The van der Waals surface area contributed by atoms with E-state index in [0.717, 1.165) is 29.1 Å². The van der Waals surface area contributed by atoms with Crippen molar-refractivity contribution in [3.63, 3.8) is 0 Å². The molecule has 3 aromatic rings. The van der Waals surface area contributed by atoms with Crippen LogP contribution in [0.3, 0.4) is 0 Å². The average Bonchev–Trinajstić information content (AvgIpc) is 2.81. The zero-order valence-corrected chi connectivity index (χ0v) is 21.0. The number of thioether (sulfide) groups is 1. The van der Waals surface area contributed by atoms with E-state index in [9.17, 15) is 4.39 Å². The van der Waals surface area contributed by atoms with E-state index in [1.807, 2.05) is 23.9 Å². The Hall–Kier alpha value is -1.90. The van der Waals surface area contributed by atoms with E-state index in [2.05, 4.69) is 41.8 Å². The van der Waals surface area contributed by atoms with Crippen LogP contribution in [-0.4, -0.2) is 40.9 Å². The fraction of sp³-hybridized carbons (Fsp3) is 0.391. The Morgan fingerprint density at radius 3 is 2.53 bits per heavy atom. The molecule has 0 aliphatic rings. The number of thiol groups is 1. The molecule has 1 N–H and O–H groups in total. The Balaban J connectivity index is 0.000000837. The summed E-state index contributed by atoms with van der Waals surface area (Å²) in [6, 6.07) is 8.08. The molecule has 3 rings (SSSR count). The van der Waals surface area contributed by atoms with Crippen LogP contribution in [0.4, 0.5) is 15.9 Å². The maximum atomic E-state index is 13.4. The maximum absolute atomic E-state index is 13.4. The van der Waals surface area contributed by atoms with Crippen molar-refractivity contribution < 1.29 is 13.9 Å². The third kappa shape index (κ3) is 7.90. The number of anilines is 2. The number of fused-ring (bicyclic) bond motifs is 1. The first-order chi connectivity index (χ1) is 15.5. The molecule has 0 saturated carbocycles. The summed E-state index contributed by atoms with van der Waals surface area (Å²) >= 11 is 11.6. The number of ether oxygens (including phenoxy) is 2. The van der Waals surface area contributed by atoms with Gasteiger partial charge in [0, 0.05) is 22.9 Å². The number of rotatable bonds is 10. The van der Waals surface area contributed by atoms with Gasteiger partial charge >= 0.3 is 0 Å². The summed E-state index contributed by atoms with van der Waals surface area (Å²) in [7, 11) is 1.60. The monoisotopic (exact) mass is 497 g/mol. The molecule has 0 spiro atoms. The highest BCUT2D eigenvalue weighted by molar-refractivity contribution is 7.99.